The molecule has 29 heavy (non-hydrogen) atoms. The third-order valence-electron chi connectivity index (χ3n) is 5.22. The van der Waals surface area contributed by atoms with Crippen LogP contribution in [0.4, 0.5) is 0 Å². The van der Waals surface area contributed by atoms with E-state index in [1.807, 2.05) is 23.8 Å². The molecule has 9 heteroatoms. The molecule has 0 unspecified atom stereocenters. The molecule has 0 aliphatic heterocycles. The minimum atomic E-state index is -1.54. The van der Waals surface area contributed by atoms with Crippen molar-refractivity contribution in [3.63, 3.8) is 0 Å². The number of hydrogen-bond acceptors (Lipinski definition) is 2. The SMILES string of the molecule is CO[Si](C)(C)[C-]([Si](C)(C)C)[Si](C)(C)C.CO[Si](C)(C)[C-]([Si](C)(C)C)[Si](C)(C)C.[Cd+2]. The van der Waals surface area contributed by atoms with Crippen LogP contribution in [0, 0.1) is 9.58 Å². The van der Waals surface area contributed by atoms with E-state index in [2.05, 4.69) is 105 Å². The van der Waals surface area contributed by atoms with Gasteiger partial charge in [0.05, 0.1) is 0 Å². The van der Waals surface area contributed by atoms with E-state index in [4.69, 9.17) is 8.85 Å². The van der Waals surface area contributed by atoms with Crippen LogP contribution in [0.15, 0.2) is 0 Å². The second kappa shape index (κ2) is 12.0. The fraction of sp³-hybridized carbons (Fsp3) is 0.900. The molecule has 0 fully saturated rings. The molecular formula is C20H54CdO2Si6. The third kappa shape index (κ3) is 12.3. The summed E-state index contributed by atoms with van der Waals surface area (Å²) in [5, 5.41) is 0. The Hall–Kier alpha value is 2.14. The van der Waals surface area contributed by atoms with Gasteiger partial charge in [-0.3, -0.25) is 9.58 Å². The molecule has 0 amide bonds. The summed E-state index contributed by atoms with van der Waals surface area (Å²) in [5.74, 6) is 0. The summed E-state index contributed by atoms with van der Waals surface area (Å²) in [6, 6.07) is 0. The van der Waals surface area contributed by atoms with Crippen LogP contribution in [0.1, 0.15) is 0 Å². The Labute approximate surface area is 212 Å². The Kier molecular flexibility index (Phi) is 14.8. The van der Waals surface area contributed by atoms with E-state index < -0.39 is 48.9 Å². The second-order valence-electron chi connectivity index (χ2n) is 13.2. The van der Waals surface area contributed by atoms with Gasteiger partial charge in [0.1, 0.15) is 0 Å². The monoisotopic (exact) mass is 608 g/mol. The van der Waals surface area contributed by atoms with Crippen molar-refractivity contribution in [3.05, 3.63) is 9.58 Å². The Bertz CT molecular complexity index is 399. The summed E-state index contributed by atoms with van der Waals surface area (Å²) >= 11 is 0. The van der Waals surface area contributed by atoms with Gasteiger partial charge in [0.15, 0.2) is 0 Å². The average Bonchev–Trinajstić information content (AvgIpc) is 2.30. The van der Waals surface area contributed by atoms with Crippen LogP contribution in [0.3, 0.4) is 0 Å². The van der Waals surface area contributed by atoms with Crippen LogP contribution >= 0.6 is 0 Å². The zero-order valence-corrected chi connectivity index (χ0v) is 33.6. The molecule has 0 aliphatic rings. The molecule has 0 spiro atoms. The van der Waals surface area contributed by atoms with Crippen molar-refractivity contribution < 1.29 is 36.2 Å². The third-order valence-corrected chi connectivity index (χ3v) is 40.9. The van der Waals surface area contributed by atoms with Gasteiger partial charge < -0.3 is 8.85 Å². The first-order valence-electron chi connectivity index (χ1n) is 10.7. The van der Waals surface area contributed by atoms with Crippen LogP contribution in [0.25, 0.3) is 0 Å². The van der Waals surface area contributed by atoms with E-state index in [9.17, 15) is 0 Å². The molecule has 0 aromatic heterocycles. The van der Waals surface area contributed by atoms with E-state index in [0.29, 0.717) is 0 Å². The van der Waals surface area contributed by atoms with Crippen molar-refractivity contribution >= 4 is 48.9 Å². The summed E-state index contributed by atoms with van der Waals surface area (Å²) in [7, 11) is -3.94. The van der Waals surface area contributed by atoms with Crippen LogP contribution in [0.5, 0.6) is 0 Å². The normalized spacial score (nSPS) is 14.5. The first kappa shape index (κ1) is 35.7. The zero-order valence-electron chi connectivity index (χ0n) is 23.5. The van der Waals surface area contributed by atoms with Crippen molar-refractivity contribution in [1.29, 1.82) is 0 Å². The molecule has 0 bridgehead atoms. The smallest absolute Gasteiger partial charge is 0.452 e. The number of hydrogen-bond donors (Lipinski definition) is 0. The topological polar surface area (TPSA) is 18.5 Å². The van der Waals surface area contributed by atoms with Crippen LogP contribution in [-0.4, -0.2) is 63.1 Å². The summed E-state index contributed by atoms with van der Waals surface area (Å²) < 4.78 is 11.6. The van der Waals surface area contributed by atoms with Crippen molar-refractivity contribution in [2.24, 2.45) is 0 Å². The van der Waals surface area contributed by atoms with Crippen molar-refractivity contribution in [3.8, 4) is 0 Å². The molecule has 0 aliphatic carbocycles. The molecule has 0 aromatic carbocycles. The Morgan fingerprint density at radius 1 is 0.379 bits per heavy atom. The fourth-order valence-corrected chi connectivity index (χ4v) is 54.6. The summed E-state index contributed by atoms with van der Waals surface area (Å²) in [4.78, 5) is 3.75. The Morgan fingerprint density at radius 3 is 0.552 bits per heavy atom. The largest absolute Gasteiger partial charge is 2.00 e. The summed E-state index contributed by atoms with van der Waals surface area (Å²) in [6.07, 6.45) is 0. The molecule has 172 valence electrons. The quantitative estimate of drug-likeness (QED) is 0.211. The van der Waals surface area contributed by atoms with Gasteiger partial charge in [0, 0.05) is 30.9 Å². The predicted octanol–water partition coefficient (Wildman–Crippen LogP) is 7.41. The summed E-state index contributed by atoms with van der Waals surface area (Å²) in [5.41, 5.74) is 0. The molecule has 2 nitrogen and oxygen atoms in total. The van der Waals surface area contributed by atoms with E-state index >= 15 is 0 Å². The van der Waals surface area contributed by atoms with Gasteiger partial charge in [-0.2, -0.15) is 0 Å². The van der Waals surface area contributed by atoms with Gasteiger partial charge in [-0.1, -0.05) is 137 Å². The Morgan fingerprint density at radius 2 is 0.517 bits per heavy atom. The number of rotatable bonds is 8. The maximum Gasteiger partial charge on any atom is 2.00 e. The first-order chi connectivity index (χ1) is 11.9. The van der Waals surface area contributed by atoms with Crippen molar-refractivity contribution in [2.45, 2.75) is 105 Å². The maximum atomic E-state index is 5.82. The molecule has 0 rings (SSSR count). The molecule has 0 radical (unpaired) electrons. The van der Waals surface area contributed by atoms with Gasteiger partial charge in [0.2, 0.25) is 0 Å². The van der Waals surface area contributed by atoms with Gasteiger partial charge >= 0.3 is 27.3 Å². The van der Waals surface area contributed by atoms with Crippen LogP contribution < -0.4 is 0 Å². The standard InChI is InChI=1S/2C10H27OSi3.Cd/c2*1-11-14(8,9)10(12(2,3)4)13(5,6)7;/h2*1-9H3;/q2*-1;+2. The average molecular weight is 608 g/mol. The second-order valence-corrected chi connectivity index (χ2v) is 44.0. The van der Waals surface area contributed by atoms with E-state index in [-0.39, 0.29) is 27.3 Å². The minimum Gasteiger partial charge on any atom is -0.452 e. The molecular weight excluding hydrogens is 553 g/mol. The van der Waals surface area contributed by atoms with E-state index in [0.717, 1.165) is 0 Å². The van der Waals surface area contributed by atoms with Crippen molar-refractivity contribution in [1.82, 2.24) is 0 Å². The maximum absolute atomic E-state index is 5.82. The molecule has 0 N–H and O–H groups in total. The van der Waals surface area contributed by atoms with Gasteiger partial charge in [-0.05, 0) is 0 Å². The van der Waals surface area contributed by atoms with Gasteiger partial charge in [-0.25, -0.2) is 0 Å². The van der Waals surface area contributed by atoms with E-state index in [1.54, 1.807) is 0 Å². The molecule has 0 saturated heterocycles. The van der Waals surface area contributed by atoms with Crippen LogP contribution in [0.2, 0.25) is 105 Å². The predicted molar refractivity (Wildman–Crippen MR) is 149 cm³/mol. The van der Waals surface area contributed by atoms with Crippen LogP contribution in [-0.2, 0) is 36.2 Å². The van der Waals surface area contributed by atoms with Gasteiger partial charge in [-0.15, -0.1) is 0 Å². The first-order valence-corrected chi connectivity index (χ1v) is 30.5. The molecule has 0 aromatic rings. The van der Waals surface area contributed by atoms with Crippen molar-refractivity contribution in [2.75, 3.05) is 14.2 Å². The zero-order chi connectivity index (χ0) is 23.6. The molecule has 0 atom stereocenters. The molecule has 0 saturated carbocycles. The molecule has 0 heterocycles. The van der Waals surface area contributed by atoms with E-state index in [1.165, 1.54) is 0 Å². The minimum absolute atomic E-state index is 0. The summed E-state index contributed by atoms with van der Waals surface area (Å²) in [6.45, 7) is 39.0. The fourth-order valence-electron chi connectivity index (χ4n) is 6.07. The van der Waals surface area contributed by atoms with Gasteiger partial charge in [0.25, 0.3) is 0 Å². The Balaban J connectivity index is -0.000000451.